The SMILES string of the molecule is NC(=NO)c1cc([N+](=O)[O-])cnc1Sc1ncn[nH]1. The molecule has 4 N–H and O–H groups in total. The van der Waals surface area contributed by atoms with Crippen molar-refractivity contribution in [3.63, 3.8) is 0 Å². The third-order valence-corrected chi connectivity index (χ3v) is 2.93. The molecule has 0 aliphatic heterocycles. The maximum atomic E-state index is 10.7. The van der Waals surface area contributed by atoms with Gasteiger partial charge in [-0.3, -0.25) is 15.2 Å². The van der Waals surface area contributed by atoms with Crippen LogP contribution in [0.3, 0.4) is 0 Å². The fraction of sp³-hybridized carbons (Fsp3) is 0. The molecule has 0 atom stereocenters. The zero-order valence-corrected chi connectivity index (χ0v) is 10.0. The molecule has 2 rings (SSSR count). The number of nitro groups is 1. The monoisotopic (exact) mass is 281 g/mol. The van der Waals surface area contributed by atoms with Gasteiger partial charge in [-0.15, -0.1) is 0 Å². The van der Waals surface area contributed by atoms with Crippen LogP contribution in [-0.4, -0.2) is 36.1 Å². The zero-order chi connectivity index (χ0) is 13.8. The average molecular weight is 281 g/mol. The van der Waals surface area contributed by atoms with Crippen LogP contribution in [0.2, 0.25) is 0 Å². The number of hydrogen-bond acceptors (Lipinski definition) is 8. The summed E-state index contributed by atoms with van der Waals surface area (Å²) < 4.78 is 0. The summed E-state index contributed by atoms with van der Waals surface area (Å²) in [6.45, 7) is 0. The van der Waals surface area contributed by atoms with Gasteiger partial charge in [0, 0.05) is 6.07 Å². The first-order chi connectivity index (χ1) is 9.11. The molecule has 0 radical (unpaired) electrons. The average Bonchev–Trinajstić information content (AvgIpc) is 2.91. The smallest absolute Gasteiger partial charge is 0.288 e. The van der Waals surface area contributed by atoms with Crippen molar-refractivity contribution in [3.05, 3.63) is 34.3 Å². The van der Waals surface area contributed by atoms with Gasteiger partial charge in [-0.25, -0.2) is 9.97 Å². The highest BCUT2D eigenvalue weighted by Gasteiger charge is 2.17. The Hall–Kier alpha value is -2.69. The van der Waals surface area contributed by atoms with Gasteiger partial charge in [0.2, 0.25) is 0 Å². The molecule has 0 aliphatic carbocycles. The second-order valence-corrected chi connectivity index (χ2v) is 4.16. The molecular weight excluding hydrogens is 274 g/mol. The molecule has 0 saturated carbocycles. The minimum atomic E-state index is -0.621. The predicted octanol–water partition coefficient (Wildman–Crippen LogP) is 0.354. The van der Waals surface area contributed by atoms with Crippen molar-refractivity contribution in [3.8, 4) is 0 Å². The molecule has 98 valence electrons. The van der Waals surface area contributed by atoms with Gasteiger partial charge < -0.3 is 10.9 Å². The number of oxime groups is 1. The summed E-state index contributed by atoms with van der Waals surface area (Å²) in [6.07, 6.45) is 2.38. The number of nitrogens with two attached hydrogens (primary N) is 1. The van der Waals surface area contributed by atoms with E-state index in [2.05, 4.69) is 25.3 Å². The molecule has 0 aliphatic rings. The Morgan fingerprint density at radius 2 is 2.37 bits per heavy atom. The Morgan fingerprint density at radius 3 is 2.95 bits per heavy atom. The van der Waals surface area contributed by atoms with Crippen LogP contribution in [0.15, 0.2) is 33.9 Å². The van der Waals surface area contributed by atoms with Crippen molar-refractivity contribution in [1.82, 2.24) is 20.2 Å². The Balaban J connectivity index is 2.44. The van der Waals surface area contributed by atoms with Gasteiger partial charge in [0.15, 0.2) is 11.0 Å². The second kappa shape index (κ2) is 5.30. The summed E-state index contributed by atoms with van der Waals surface area (Å²) in [5.74, 6) is -0.279. The minimum absolute atomic E-state index is 0.137. The van der Waals surface area contributed by atoms with E-state index in [1.54, 1.807) is 0 Å². The molecule has 0 unspecified atom stereocenters. The number of H-pyrrole nitrogens is 1. The Kier molecular flexibility index (Phi) is 3.56. The van der Waals surface area contributed by atoms with Gasteiger partial charge in [0.25, 0.3) is 5.69 Å². The van der Waals surface area contributed by atoms with E-state index < -0.39 is 4.92 Å². The summed E-state index contributed by atoms with van der Waals surface area (Å²) in [5.41, 5.74) is 5.35. The molecule has 0 spiro atoms. The van der Waals surface area contributed by atoms with Crippen molar-refractivity contribution < 1.29 is 10.1 Å². The summed E-state index contributed by atoms with van der Waals surface area (Å²) in [5, 5.41) is 29.2. The molecule has 2 heterocycles. The fourth-order valence-corrected chi connectivity index (χ4v) is 1.95. The highest BCUT2D eigenvalue weighted by molar-refractivity contribution is 7.99. The first kappa shape index (κ1) is 12.8. The third kappa shape index (κ3) is 2.77. The first-order valence-corrected chi connectivity index (χ1v) is 5.59. The van der Waals surface area contributed by atoms with E-state index in [1.807, 2.05) is 0 Å². The normalized spacial score (nSPS) is 11.5. The van der Waals surface area contributed by atoms with Gasteiger partial charge in [0.1, 0.15) is 17.6 Å². The van der Waals surface area contributed by atoms with Crippen LogP contribution in [0.1, 0.15) is 5.56 Å². The standard InChI is InChI=1S/C8H7N7O3S/c9-6(14-16)5-1-4(15(17)18)2-10-7(5)19-8-11-3-12-13-8/h1-3,16H,(H2,9,14)(H,11,12,13). The Morgan fingerprint density at radius 1 is 1.58 bits per heavy atom. The minimum Gasteiger partial charge on any atom is -0.409 e. The van der Waals surface area contributed by atoms with Gasteiger partial charge in [0.05, 0.1) is 10.5 Å². The van der Waals surface area contributed by atoms with Crippen LogP contribution >= 0.6 is 11.8 Å². The number of nitrogens with one attached hydrogen (secondary N) is 1. The lowest BCUT2D eigenvalue weighted by Crippen LogP contribution is -2.15. The van der Waals surface area contributed by atoms with Gasteiger partial charge >= 0.3 is 0 Å². The number of pyridine rings is 1. The molecule has 10 nitrogen and oxygen atoms in total. The van der Waals surface area contributed by atoms with Crippen LogP contribution in [0.25, 0.3) is 0 Å². The lowest BCUT2D eigenvalue weighted by Gasteiger charge is -2.04. The highest BCUT2D eigenvalue weighted by atomic mass is 32.2. The Bertz CT molecular complexity index is 627. The van der Waals surface area contributed by atoms with Crippen LogP contribution in [0.4, 0.5) is 5.69 Å². The van der Waals surface area contributed by atoms with Crippen LogP contribution in [0, 0.1) is 10.1 Å². The van der Waals surface area contributed by atoms with Crippen molar-refractivity contribution in [2.24, 2.45) is 10.9 Å². The topological polar surface area (TPSA) is 156 Å². The van der Waals surface area contributed by atoms with E-state index in [9.17, 15) is 10.1 Å². The fourth-order valence-electron chi connectivity index (χ4n) is 1.19. The maximum absolute atomic E-state index is 10.7. The van der Waals surface area contributed by atoms with E-state index in [-0.39, 0.29) is 17.1 Å². The van der Waals surface area contributed by atoms with Crippen molar-refractivity contribution in [1.29, 1.82) is 0 Å². The van der Waals surface area contributed by atoms with Crippen LogP contribution in [0.5, 0.6) is 0 Å². The summed E-state index contributed by atoms with van der Waals surface area (Å²) in [4.78, 5) is 17.8. The third-order valence-electron chi connectivity index (χ3n) is 2.02. The number of nitrogens with zero attached hydrogens (tertiary/aromatic N) is 5. The molecule has 19 heavy (non-hydrogen) atoms. The van der Waals surface area contributed by atoms with Gasteiger partial charge in [-0.05, 0) is 11.8 Å². The first-order valence-electron chi connectivity index (χ1n) is 4.77. The zero-order valence-electron chi connectivity index (χ0n) is 9.22. The molecule has 0 saturated heterocycles. The van der Waals surface area contributed by atoms with E-state index in [0.717, 1.165) is 18.0 Å². The highest BCUT2D eigenvalue weighted by Crippen LogP contribution is 2.27. The van der Waals surface area contributed by atoms with Crippen molar-refractivity contribution >= 4 is 23.3 Å². The number of rotatable bonds is 4. The van der Waals surface area contributed by atoms with E-state index in [1.165, 1.54) is 12.4 Å². The number of aromatic amines is 1. The maximum Gasteiger partial charge on any atom is 0.288 e. The molecule has 0 bridgehead atoms. The molecule has 0 aromatic carbocycles. The molecule has 11 heteroatoms. The largest absolute Gasteiger partial charge is 0.409 e. The number of amidine groups is 1. The van der Waals surface area contributed by atoms with Crippen LogP contribution < -0.4 is 5.73 Å². The van der Waals surface area contributed by atoms with Gasteiger partial charge in [-0.1, -0.05) is 5.16 Å². The second-order valence-electron chi connectivity index (χ2n) is 3.18. The van der Waals surface area contributed by atoms with E-state index >= 15 is 0 Å². The quantitative estimate of drug-likeness (QED) is 0.238. The lowest BCUT2D eigenvalue weighted by molar-refractivity contribution is -0.385. The predicted molar refractivity (Wildman–Crippen MR) is 63.9 cm³/mol. The van der Waals surface area contributed by atoms with E-state index in [0.29, 0.717) is 10.2 Å². The van der Waals surface area contributed by atoms with E-state index in [4.69, 9.17) is 10.9 Å². The molecule has 0 amide bonds. The molecular formula is C8H7N7O3S. The summed E-state index contributed by atoms with van der Waals surface area (Å²) in [6, 6.07) is 1.17. The van der Waals surface area contributed by atoms with Crippen molar-refractivity contribution in [2.75, 3.05) is 0 Å². The number of hydrogen-bond donors (Lipinski definition) is 3. The lowest BCUT2D eigenvalue weighted by atomic mass is 10.2. The van der Waals surface area contributed by atoms with Gasteiger partial charge in [-0.2, -0.15) is 5.10 Å². The Labute approximate surface area is 109 Å². The summed E-state index contributed by atoms with van der Waals surface area (Å²) in [7, 11) is 0. The molecule has 2 aromatic rings. The molecule has 2 aromatic heterocycles. The molecule has 0 fully saturated rings. The number of aromatic nitrogens is 4. The van der Waals surface area contributed by atoms with Crippen molar-refractivity contribution in [2.45, 2.75) is 10.2 Å². The van der Waals surface area contributed by atoms with Crippen LogP contribution in [-0.2, 0) is 0 Å². The summed E-state index contributed by atoms with van der Waals surface area (Å²) >= 11 is 1.05.